The van der Waals surface area contributed by atoms with Gasteiger partial charge in [-0.15, -0.1) is 0 Å². The van der Waals surface area contributed by atoms with Gasteiger partial charge in [0.1, 0.15) is 0 Å². The molecule has 86 valence electrons. The summed E-state index contributed by atoms with van der Waals surface area (Å²) in [6, 6.07) is 12.5. The first-order chi connectivity index (χ1) is 8.18. The van der Waals surface area contributed by atoms with E-state index >= 15 is 0 Å². The van der Waals surface area contributed by atoms with Gasteiger partial charge in [0.15, 0.2) is 0 Å². The van der Waals surface area contributed by atoms with E-state index in [-0.39, 0.29) is 0 Å². The van der Waals surface area contributed by atoms with Gasteiger partial charge in [-0.1, -0.05) is 48.6 Å². The Balaban J connectivity index is 2.77. The van der Waals surface area contributed by atoms with Crippen LogP contribution in [0.5, 0.6) is 0 Å². The van der Waals surface area contributed by atoms with E-state index in [1.807, 2.05) is 12.3 Å². The average molecular weight is 223 g/mol. The van der Waals surface area contributed by atoms with Crippen LogP contribution in [0.3, 0.4) is 0 Å². The number of hydrogen-bond acceptors (Lipinski definition) is 0. The molecular weight excluding hydrogens is 206 g/mol. The largest absolute Gasteiger partial charge is 0.362 e. The number of benzene rings is 1. The van der Waals surface area contributed by atoms with Gasteiger partial charge in [-0.2, -0.15) is 0 Å². The van der Waals surface area contributed by atoms with E-state index in [0.717, 1.165) is 10.6 Å². The summed E-state index contributed by atoms with van der Waals surface area (Å²) >= 11 is 0. The molecule has 0 radical (unpaired) electrons. The zero-order valence-electron chi connectivity index (χ0n) is 10.3. The lowest BCUT2D eigenvalue weighted by molar-refractivity contribution is 1.32. The van der Waals surface area contributed by atoms with Gasteiger partial charge in [-0.3, -0.25) is 0 Å². The lowest BCUT2D eigenvalue weighted by Crippen LogP contribution is -2.23. The molecule has 1 heterocycles. The molecule has 1 aromatic carbocycles. The topological polar surface area (TPSA) is 15.8 Å². The highest BCUT2D eigenvalue weighted by molar-refractivity contribution is 5.74. The summed E-state index contributed by atoms with van der Waals surface area (Å²) in [5.74, 6) is 0. The van der Waals surface area contributed by atoms with Crippen molar-refractivity contribution < 1.29 is 0 Å². The molecule has 0 spiro atoms. The van der Waals surface area contributed by atoms with Crippen LogP contribution < -0.4 is 10.6 Å². The Morgan fingerprint density at radius 3 is 2.35 bits per heavy atom. The number of rotatable bonds is 2. The van der Waals surface area contributed by atoms with Crippen LogP contribution >= 0.6 is 0 Å². The second-order valence-corrected chi connectivity index (χ2v) is 4.37. The molecule has 0 unspecified atom stereocenters. The number of aromatic nitrogens is 1. The molecule has 1 heteroatoms. The van der Waals surface area contributed by atoms with Gasteiger partial charge in [0.25, 0.3) is 0 Å². The first kappa shape index (κ1) is 11.5. The molecule has 1 aromatic heterocycles. The highest BCUT2D eigenvalue weighted by atomic mass is 14.6. The maximum atomic E-state index is 4.03. The molecule has 0 aliphatic rings. The molecule has 0 saturated carbocycles. The summed E-state index contributed by atoms with van der Waals surface area (Å²) in [6.45, 7) is 8.25. The van der Waals surface area contributed by atoms with Gasteiger partial charge >= 0.3 is 0 Å². The second kappa shape index (κ2) is 4.88. The van der Waals surface area contributed by atoms with E-state index in [4.69, 9.17) is 0 Å². The maximum Gasteiger partial charge on any atom is 0.0387 e. The molecule has 0 aliphatic carbocycles. The highest BCUT2D eigenvalue weighted by Gasteiger charge is 2.00. The van der Waals surface area contributed by atoms with Crippen LogP contribution in [0.25, 0.3) is 12.2 Å². The molecule has 0 fully saturated rings. The second-order valence-electron chi connectivity index (χ2n) is 4.37. The molecule has 0 bridgehead atoms. The van der Waals surface area contributed by atoms with Crippen LogP contribution in [0.15, 0.2) is 54.2 Å². The third-order valence-electron chi connectivity index (χ3n) is 2.64. The Kier molecular flexibility index (Phi) is 3.29. The van der Waals surface area contributed by atoms with E-state index in [1.165, 1.54) is 16.7 Å². The third kappa shape index (κ3) is 2.56. The van der Waals surface area contributed by atoms with Crippen molar-refractivity contribution in [3.8, 4) is 0 Å². The fraction of sp³-hybridized carbons (Fsp3) is 0.125. The van der Waals surface area contributed by atoms with Gasteiger partial charge in [-0.05, 0) is 31.1 Å². The quantitative estimate of drug-likeness (QED) is 0.805. The number of hydrogen-bond donors (Lipinski definition) is 1. The minimum Gasteiger partial charge on any atom is -0.362 e. The minimum absolute atomic E-state index is 0.960. The van der Waals surface area contributed by atoms with Crippen molar-refractivity contribution in [3.05, 3.63) is 70.4 Å². The van der Waals surface area contributed by atoms with Crippen LogP contribution in [0.4, 0.5) is 0 Å². The Morgan fingerprint density at radius 1 is 1.12 bits per heavy atom. The summed E-state index contributed by atoms with van der Waals surface area (Å²) in [5, 5.41) is 2.12. The molecule has 0 saturated heterocycles. The van der Waals surface area contributed by atoms with Crippen molar-refractivity contribution in [1.82, 2.24) is 4.98 Å². The smallest absolute Gasteiger partial charge is 0.0387 e. The number of allylic oxidation sites excluding steroid dienone is 2. The lowest BCUT2D eigenvalue weighted by atomic mass is 10.0. The zero-order chi connectivity index (χ0) is 12.3. The van der Waals surface area contributed by atoms with Crippen LogP contribution in [0, 0.1) is 0 Å². The summed E-state index contributed by atoms with van der Waals surface area (Å²) in [4.78, 5) is 3.13. The van der Waals surface area contributed by atoms with Crippen LogP contribution in [-0.2, 0) is 0 Å². The van der Waals surface area contributed by atoms with Crippen LogP contribution in [0.1, 0.15) is 19.4 Å². The highest BCUT2D eigenvalue weighted by Crippen LogP contribution is 2.13. The van der Waals surface area contributed by atoms with E-state index in [1.54, 1.807) is 0 Å². The minimum atomic E-state index is 0.960. The normalized spacial score (nSPS) is 12.1. The molecule has 1 nitrogen and oxygen atoms in total. The fourth-order valence-corrected chi connectivity index (χ4v) is 1.88. The maximum absolute atomic E-state index is 4.03. The van der Waals surface area contributed by atoms with Crippen molar-refractivity contribution in [1.29, 1.82) is 0 Å². The summed E-state index contributed by atoms with van der Waals surface area (Å²) in [6.07, 6.45) is 4.13. The Morgan fingerprint density at radius 2 is 1.82 bits per heavy atom. The first-order valence-electron chi connectivity index (χ1n) is 5.75. The Bertz CT molecular complexity index is 626. The molecule has 0 atom stereocenters. The summed E-state index contributed by atoms with van der Waals surface area (Å²) < 4.78 is 0. The van der Waals surface area contributed by atoms with Crippen molar-refractivity contribution in [2.45, 2.75) is 13.8 Å². The van der Waals surface area contributed by atoms with Crippen LogP contribution in [-0.4, -0.2) is 4.98 Å². The van der Waals surface area contributed by atoms with Crippen molar-refractivity contribution in [2.24, 2.45) is 0 Å². The Hall–Kier alpha value is -2.02. The van der Waals surface area contributed by atoms with Gasteiger partial charge in [0.2, 0.25) is 0 Å². The monoisotopic (exact) mass is 223 g/mol. The summed E-state index contributed by atoms with van der Waals surface area (Å²) in [5.41, 5.74) is 3.72. The van der Waals surface area contributed by atoms with E-state index in [0.29, 0.717) is 0 Å². The molecule has 2 aromatic rings. The van der Waals surface area contributed by atoms with Gasteiger partial charge in [0.05, 0.1) is 0 Å². The number of H-pyrrole nitrogens is 1. The predicted molar refractivity (Wildman–Crippen MR) is 73.9 cm³/mol. The van der Waals surface area contributed by atoms with Crippen molar-refractivity contribution in [3.63, 3.8) is 0 Å². The summed E-state index contributed by atoms with van der Waals surface area (Å²) in [7, 11) is 0. The predicted octanol–water partition coefficient (Wildman–Crippen LogP) is 2.59. The SMILES string of the molecule is C=c1[nH]cc/c1=C(/C=C(C)C)c1ccccc1. The zero-order valence-corrected chi connectivity index (χ0v) is 10.3. The van der Waals surface area contributed by atoms with Gasteiger partial charge in [-0.25, -0.2) is 0 Å². The molecule has 17 heavy (non-hydrogen) atoms. The number of aromatic amines is 1. The Labute approximate surface area is 102 Å². The molecular formula is C16H17N. The molecule has 1 N–H and O–H groups in total. The van der Waals surface area contributed by atoms with E-state index in [9.17, 15) is 0 Å². The van der Waals surface area contributed by atoms with Gasteiger partial charge in [0, 0.05) is 16.8 Å². The first-order valence-corrected chi connectivity index (χ1v) is 5.75. The standard InChI is InChI=1S/C16H17N/c1-12(2)11-16(14-7-5-4-6-8-14)15-9-10-17-13(15)3/h4-11,17H,3H2,1-2H3/b16-15+. The van der Waals surface area contributed by atoms with E-state index < -0.39 is 0 Å². The van der Waals surface area contributed by atoms with Crippen molar-refractivity contribution in [2.75, 3.05) is 0 Å². The molecule has 0 amide bonds. The van der Waals surface area contributed by atoms with E-state index in [2.05, 4.69) is 61.8 Å². The average Bonchev–Trinajstić information content (AvgIpc) is 2.73. The lowest BCUT2D eigenvalue weighted by Gasteiger charge is -2.03. The molecule has 2 rings (SSSR count). The number of nitrogens with one attached hydrogen (secondary N) is 1. The fourth-order valence-electron chi connectivity index (χ4n) is 1.88. The third-order valence-corrected chi connectivity index (χ3v) is 2.64. The molecule has 0 aliphatic heterocycles. The van der Waals surface area contributed by atoms with Gasteiger partial charge < -0.3 is 4.98 Å². The van der Waals surface area contributed by atoms with Crippen molar-refractivity contribution >= 4 is 12.2 Å². The van der Waals surface area contributed by atoms with Crippen LogP contribution in [0.2, 0.25) is 0 Å².